The standard InChI is InChI=1S/C16H13Cl3N2O4/c1-10-5-4-6-11(9-10)14(22)20-15(16(17,18)19)25-13-8-3-2-7-12(13)21(23)24/h2-9,15H,1H3,(H,20,22). The third kappa shape index (κ3) is 5.22. The van der Waals surface area contributed by atoms with Crippen molar-refractivity contribution in [2.75, 3.05) is 0 Å². The highest BCUT2D eigenvalue weighted by atomic mass is 35.6. The summed E-state index contributed by atoms with van der Waals surface area (Å²) in [5.74, 6) is -0.674. The lowest BCUT2D eigenvalue weighted by atomic mass is 10.1. The van der Waals surface area contributed by atoms with E-state index in [0.29, 0.717) is 5.56 Å². The van der Waals surface area contributed by atoms with Crippen molar-refractivity contribution in [2.24, 2.45) is 0 Å². The largest absolute Gasteiger partial charge is 0.459 e. The van der Waals surface area contributed by atoms with Crippen molar-refractivity contribution < 1.29 is 14.5 Å². The number of nitrogens with zero attached hydrogens (tertiary/aromatic N) is 1. The van der Waals surface area contributed by atoms with E-state index in [1.165, 1.54) is 24.3 Å². The molecule has 132 valence electrons. The number of carbonyl (C=O) groups excluding carboxylic acids is 1. The van der Waals surface area contributed by atoms with Gasteiger partial charge in [-0.1, -0.05) is 64.6 Å². The minimum absolute atomic E-state index is 0.131. The lowest BCUT2D eigenvalue weighted by molar-refractivity contribution is -0.386. The molecule has 1 unspecified atom stereocenters. The van der Waals surface area contributed by atoms with Crippen LogP contribution >= 0.6 is 34.8 Å². The van der Waals surface area contributed by atoms with E-state index >= 15 is 0 Å². The van der Waals surface area contributed by atoms with E-state index in [1.807, 2.05) is 13.0 Å². The van der Waals surface area contributed by atoms with Crippen LogP contribution in [0.4, 0.5) is 5.69 Å². The van der Waals surface area contributed by atoms with Gasteiger partial charge >= 0.3 is 5.69 Å². The topological polar surface area (TPSA) is 81.5 Å². The van der Waals surface area contributed by atoms with Crippen LogP contribution < -0.4 is 10.1 Å². The molecular formula is C16H13Cl3N2O4. The first-order chi connectivity index (χ1) is 11.7. The number of nitrogens with one attached hydrogen (secondary N) is 1. The number of rotatable bonds is 5. The number of halogens is 3. The van der Waals surface area contributed by atoms with Crippen molar-refractivity contribution in [3.63, 3.8) is 0 Å². The lowest BCUT2D eigenvalue weighted by Crippen LogP contribution is -2.47. The molecule has 0 aliphatic heterocycles. The monoisotopic (exact) mass is 402 g/mol. The molecule has 0 fully saturated rings. The molecule has 0 saturated carbocycles. The van der Waals surface area contributed by atoms with Crippen molar-refractivity contribution in [1.29, 1.82) is 0 Å². The number of nitro groups is 1. The van der Waals surface area contributed by atoms with Gasteiger partial charge in [-0.15, -0.1) is 0 Å². The fourth-order valence-electron chi connectivity index (χ4n) is 2.00. The number of aryl methyl sites for hydroxylation is 1. The Morgan fingerprint density at radius 2 is 1.88 bits per heavy atom. The first-order valence-electron chi connectivity index (χ1n) is 7.03. The Kier molecular flexibility index (Phi) is 6.11. The Morgan fingerprint density at radius 3 is 2.48 bits per heavy atom. The molecule has 1 atom stereocenters. The van der Waals surface area contributed by atoms with Gasteiger partial charge in [-0.25, -0.2) is 0 Å². The Balaban J connectivity index is 2.26. The lowest BCUT2D eigenvalue weighted by Gasteiger charge is -2.26. The molecule has 0 heterocycles. The molecule has 0 bridgehead atoms. The van der Waals surface area contributed by atoms with E-state index in [2.05, 4.69) is 5.32 Å². The third-order valence-electron chi connectivity index (χ3n) is 3.15. The van der Waals surface area contributed by atoms with Gasteiger partial charge in [-0.2, -0.15) is 0 Å². The Hall–Kier alpha value is -2.02. The van der Waals surface area contributed by atoms with Gasteiger partial charge in [0.2, 0.25) is 10.0 Å². The number of alkyl halides is 3. The molecule has 2 rings (SSSR count). The molecule has 0 saturated heterocycles. The zero-order valence-corrected chi connectivity index (χ0v) is 15.2. The molecule has 25 heavy (non-hydrogen) atoms. The van der Waals surface area contributed by atoms with Crippen LogP contribution in [0.3, 0.4) is 0 Å². The van der Waals surface area contributed by atoms with Crippen LogP contribution in [0.15, 0.2) is 48.5 Å². The fourth-order valence-corrected chi connectivity index (χ4v) is 2.30. The molecule has 0 spiro atoms. The number of hydrogen-bond acceptors (Lipinski definition) is 4. The predicted molar refractivity (Wildman–Crippen MR) is 96.4 cm³/mol. The summed E-state index contributed by atoms with van der Waals surface area (Å²) >= 11 is 17.6. The fraction of sp³-hybridized carbons (Fsp3) is 0.188. The average Bonchev–Trinajstić information content (AvgIpc) is 2.53. The van der Waals surface area contributed by atoms with Crippen molar-refractivity contribution in [1.82, 2.24) is 5.32 Å². The Morgan fingerprint density at radius 1 is 1.20 bits per heavy atom. The summed E-state index contributed by atoms with van der Waals surface area (Å²) in [4.78, 5) is 22.8. The van der Waals surface area contributed by atoms with Crippen LogP contribution in [0.5, 0.6) is 5.75 Å². The molecular weight excluding hydrogens is 391 g/mol. The number of ether oxygens (including phenoxy) is 1. The summed E-state index contributed by atoms with van der Waals surface area (Å²) in [6.07, 6.45) is -1.44. The normalized spacial score (nSPS) is 12.3. The molecule has 1 N–H and O–H groups in total. The molecule has 0 aromatic heterocycles. The van der Waals surface area contributed by atoms with Crippen LogP contribution in [-0.2, 0) is 0 Å². The summed E-state index contributed by atoms with van der Waals surface area (Å²) in [5, 5.41) is 13.5. The average molecular weight is 404 g/mol. The van der Waals surface area contributed by atoms with Crippen molar-refractivity contribution in [3.05, 3.63) is 69.8 Å². The van der Waals surface area contributed by atoms with Crippen LogP contribution in [0.2, 0.25) is 0 Å². The Labute approximate surface area is 158 Å². The number of nitro benzene ring substituents is 1. The SMILES string of the molecule is Cc1cccc(C(=O)NC(Oc2ccccc2[N+](=O)[O-])C(Cl)(Cl)Cl)c1. The van der Waals surface area contributed by atoms with Gasteiger partial charge in [-0.3, -0.25) is 14.9 Å². The van der Waals surface area contributed by atoms with E-state index in [9.17, 15) is 14.9 Å². The maximum Gasteiger partial charge on any atom is 0.311 e. The van der Waals surface area contributed by atoms with Crippen LogP contribution in [0.1, 0.15) is 15.9 Å². The van der Waals surface area contributed by atoms with Gasteiger partial charge in [0.1, 0.15) is 0 Å². The number of amides is 1. The molecule has 0 aliphatic rings. The summed E-state index contributed by atoms with van der Waals surface area (Å²) in [6, 6.07) is 12.4. The van der Waals surface area contributed by atoms with Gasteiger partial charge in [0.05, 0.1) is 4.92 Å². The molecule has 2 aromatic carbocycles. The first-order valence-corrected chi connectivity index (χ1v) is 8.16. The van der Waals surface area contributed by atoms with Crippen LogP contribution in [-0.4, -0.2) is 20.9 Å². The van der Waals surface area contributed by atoms with Gasteiger partial charge in [0, 0.05) is 11.6 Å². The Bertz CT molecular complexity index is 793. The van der Waals surface area contributed by atoms with E-state index in [0.717, 1.165) is 5.56 Å². The van der Waals surface area contributed by atoms with Crippen LogP contribution in [0.25, 0.3) is 0 Å². The maximum absolute atomic E-state index is 12.4. The summed E-state index contributed by atoms with van der Waals surface area (Å²) < 4.78 is 3.37. The second-order valence-corrected chi connectivity index (χ2v) is 7.48. The summed E-state index contributed by atoms with van der Waals surface area (Å²) in [7, 11) is 0. The quantitative estimate of drug-likeness (QED) is 0.347. The first kappa shape index (κ1) is 19.3. The molecule has 0 radical (unpaired) electrons. The van der Waals surface area contributed by atoms with Gasteiger partial charge in [-0.05, 0) is 25.1 Å². The minimum atomic E-state index is -2.05. The van der Waals surface area contributed by atoms with E-state index in [-0.39, 0.29) is 11.4 Å². The van der Waals surface area contributed by atoms with Gasteiger partial charge < -0.3 is 10.1 Å². The minimum Gasteiger partial charge on any atom is -0.459 e. The number of para-hydroxylation sites is 2. The van der Waals surface area contributed by atoms with Crippen molar-refractivity contribution in [2.45, 2.75) is 16.9 Å². The zero-order chi connectivity index (χ0) is 18.6. The summed E-state index contributed by atoms with van der Waals surface area (Å²) in [6.45, 7) is 1.83. The van der Waals surface area contributed by atoms with E-state index < -0.39 is 20.9 Å². The number of carbonyl (C=O) groups is 1. The molecule has 6 nitrogen and oxygen atoms in total. The second kappa shape index (κ2) is 7.91. The highest BCUT2D eigenvalue weighted by Crippen LogP contribution is 2.35. The number of benzene rings is 2. The third-order valence-corrected chi connectivity index (χ3v) is 3.74. The molecule has 1 amide bonds. The predicted octanol–water partition coefficient (Wildman–Crippen LogP) is 4.41. The molecule has 2 aromatic rings. The zero-order valence-electron chi connectivity index (χ0n) is 12.9. The maximum atomic E-state index is 12.4. The van der Waals surface area contributed by atoms with Crippen molar-refractivity contribution >= 4 is 46.4 Å². The highest BCUT2D eigenvalue weighted by molar-refractivity contribution is 6.68. The number of hydrogen-bond donors (Lipinski definition) is 1. The van der Waals surface area contributed by atoms with Crippen molar-refractivity contribution in [3.8, 4) is 5.75 Å². The van der Waals surface area contributed by atoms with Crippen LogP contribution in [0, 0.1) is 17.0 Å². The molecule has 9 heteroatoms. The van der Waals surface area contributed by atoms with Gasteiger partial charge in [0.25, 0.3) is 5.91 Å². The summed E-state index contributed by atoms with van der Waals surface area (Å²) in [5.41, 5.74) is 0.898. The smallest absolute Gasteiger partial charge is 0.311 e. The van der Waals surface area contributed by atoms with Gasteiger partial charge in [0.15, 0.2) is 5.75 Å². The van der Waals surface area contributed by atoms with E-state index in [1.54, 1.807) is 18.2 Å². The highest BCUT2D eigenvalue weighted by Gasteiger charge is 2.37. The van der Waals surface area contributed by atoms with E-state index in [4.69, 9.17) is 39.5 Å². The molecule has 0 aliphatic carbocycles. The second-order valence-electron chi connectivity index (χ2n) is 5.11.